The van der Waals surface area contributed by atoms with Crippen LogP contribution in [0.2, 0.25) is 0 Å². The van der Waals surface area contributed by atoms with Crippen LogP contribution in [0.15, 0.2) is 0 Å². The number of rotatable bonds is 3. The third kappa shape index (κ3) is 5.76. The maximum atomic E-state index is 11.8. The molecule has 1 atom stereocenters. The van der Waals surface area contributed by atoms with Gasteiger partial charge < -0.3 is 0 Å². The maximum Gasteiger partial charge on any atom is 0.302 e. The Hall–Kier alpha value is -0.120. The molecule has 0 N–H and O–H groups in total. The van der Waals surface area contributed by atoms with E-state index in [1.807, 2.05) is 6.92 Å². The Morgan fingerprint density at radius 3 is 2.11 bits per heavy atom. The molecule has 4 heteroatoms. The molecule has 0 saturated heterocycles. The summed E-state index contributed by atoms with van der Waals surface area (Å²) in [4.78, 5) is 0. The molecule has 0 spiro atoms. The second-order valence-electron chi connectivity index (χ2n) is 2.22. The van der Waals surface area contributed by atoms with E-state index in [9.17, 15) is 12.3 Å². The minimum absolute atomic E-state index is 0.0694. The van der Waals surface area contributed by atoms with Gasteiger partial charge in [-0.3, -0.25) is 0 Å². The zero-order chi connectivity index (χ0) is 7.49. The van der Waals surface area contributed by atoms with Crippen LogP contribution in [-0.4, -0.2) is 14.2 Å². The topological polar surface area (TPSA) is 34.1 Å². The molecule has 0 aromatic rings. The number of hydrogen-bond acceptors (Lipinski definition) is 2. The van der Waals surface area contributed by atoms with Gasteiger partial charge in [0.1, 0.15) is 0 Å². The molecule has 0 aliphatic heterocycles. The van der Waals surface area contributed by atoms with E-state index >= 15 is 0 Å². The maximum absolute atomic E-state index is 11.8. The first-order valence-electron chi connectivity index (χ1n) is 2.88. The predicted molar refractivity (Wildman–Crippen MR) is 34.3 cm³/mol. The van der Waals surface area contributed by atoms with Gasteiger partial charge in [-0.05, 0) is 5.92 Å². The molecule has 0 aromatic heterocycles. The molecule has 0 amide bonds. The van der Waals surface area contributed by atoms with Crippen LogP contribution in [0, 0.1) is 5.92 Å². The standard InChI is InChI=1S/C5H11FO2S/c1-3-5(2)4-9(6,7)8/h5H,3-4H2,1-2H3. The summed E-state index contributed by atoms with van der Waals surface area (Å²) in [7, 11) is -4.24. The Balaban J connectivity index is 3.75. The molecule has 0 saturated carbocycles. The molecule has 0 radical (unpaired) electrons. The lowest BCUT2D eigenvalue weighted by molar-refractivity contribution is 0.526. The van der Waals surface area contributed by atoms with E-state index in [0.717, 1.165) is 0 Å². The fraction of sp³-hybridized carbons (Fsp3) is 1.00. The molecule has 0 aromatic carbocycles. The van der Waals surface area contributed by atoms with Crippen molar-refractivity contribution in [2.24, 2.45) is 5.92 Å². The summed E-state index contributed by atoms with van der Waals surface area (Å²) in [5.74, 6) is -0.413. The van der Waals surface area contributed by atoms with Crippen molar-refractivity contribution in [3.05, 3.63) is 0 Å². The van der Waals surface area contributed by atoms with Gasteiger partial charge in [-0.2, -0.15) is 8.42 Å². The summed E-state index contributed by atoms with van der Waals surface area (Å²) in [5, 5.41) is 0. The van der Waals surface area contributed by atoms with Crippen LogP contribution in [0.4, 0.5) is 3.89 Å². The fourth-order valence-electron chi connectivity index (χ4n) is 0.458. The molecule has 0 aliphatic rings. The lowest BCUT2D eigenvalue weighted by Gasteiger charge is -2.01. The highest BCUT2D eigenvalue weighted by Crippen LogP contribution is 2.05. The highest BCUT2D eigenvalue weighted by molar-refractivity contribution is 7.86. The summed E-state index contributed by atoms with van der Waals surface area (Å²) in [6.45, 7) is 3.53. The van der Waals surface area contributed by atoms with Crippen LogP contribution in [0.25, 0.3) is 0 Å². The molecular formula is C5H11FO2S. The van der Waals surface area contributed by atoms with E-state index in [0.29, 0.717) is 6.42 Å². The summed E-state index contributed by atoms with van der Waals surface area (Å²) >= 11 is 0. The average molecular weight is 154 g/mol. The van der Waals surface area contributed by atoms with Gasteiger partial charge in [0.2, 0.25) is 0 Å². The van der Waals surface area contributed by atoms with E-state index in [1.54, 1.807) is 6.92 Å². The van der Waals surface area contributed by atoms with E-state index in [1.165, 1.54) is 0 Å². The second kappa shape index (κ2) is 3.15. The van der Waals surface area contributed by atoms with Gasteiger partial charge in [-0.1, -0.05) is 20.3 Å². The minimum atomic E-state index is -4.24. The quantitative estimate of drug-likeness (QED) is 0.575. The van der Waals surface area contributed by atoms with E-state index in [4.69, 9.17) is 0 Å². The van der Waals surface area contributed by atoms with Crippen molar-refractivity contribution >= 4 is 10.2 Å². The van der Waals surface area contributed by atoms with E-state index in [2.05, 4.69) is 0 Å². The first kappa shape index (κ1) is 8.88. The van der Waals surface area contributed by atoms with Crippen LogP contribution in [0.1, 0.15) is 20.3 Å². The molecule has 0 rings (SSSR count). The second-order valence-corrected chi connectivity index (χ2v) is 3.63. The van der Waals surface area contributed by atoms with Gasteiger partial charge in [-0.15, -0.1) is 3.89 Å². The molecule has 2 nitrogen and oxygen atoms in total. The monoisotopic (exact) mass is 154 g/mol. The van der Waals surface area contributed by atoms with Gasteiger partial charge >= 0.3 is 10.2 Å². The first-order valence-corrected chi connectivity index (χ1v) is 4.43. The van der Waals surface area contributed by atoms with Crippen molar-refractivity contribution in [2.45, 2.75) is 20.3 Å². The zero-order valence-electron chi connectivity index (χ0n) is 5.59. The largest absolute Gasteiger partial charge is 0.302 e. The summed E-state index contributed by atoms with van der Waals surface area (Å²) in [6.07, 6.45) is 0.698. The Labute approximate surface area is 55.3 Å². The Morgan fingerprint density at radius 1 is 1.56 bits per heavy atom. The SMILES string of the molecule is CCC(C)CS(=O)(=O)F. The summed E-state index contributed by atoms with van der Waals surface area (Å²) in [5.41, 5.74) is 0. The Morgan fingerprint density at radius 2 is 2.00 bits per heavy atom. The molecule has 0 fully saturated rings. The van der Waals surface area contributed by atoms with Crippen molar-refractivity contribution in [3.63, 3.8) is 0 Å². The van der Waals surface area contributed by atoms with Gasteiger partial charge in [0.25, 0.3) is 0 Å². The van der Waals surface area contributed by atoms with Crippen molar-refractivity contribution < 1.29 is 12.3 Å². The molecule has 56 valence electrons. The number of halogens is 1. The molecular weight excluding hydrogens is 143 g/mol. The normalized spacial score (nSPS) is 15.4. The van der Waals surface area contributed by atoms with E-state index in [-0.39, 0.29) is 11.7 Å². The Bertz CT molecular complexity index is 162. The van der Waals surface area contributed by atoms with Gasteiger partial charge in [0.15, 0.2) is 0 Å². The van der Waals surface area contributed by atoms with E-state index < -0.39 is 10.2 Å². The van der Waals surface area contributed by atoms with Crippen LogP contribution < -0.4 is 0 Å². The molecule has 0 aliphatic carbocycles. The summed E-state index contributed by atoms with van der Waals surface area (Å²) in [6, 6.07) is 0. The Kier molecular flexibility index (Phi) is 3.11. The van der Waals surface area contributed by atoms with Crippen molar-refractivity contribution in [3.8, 4) is 0 Å². The zero-order valence-corrected chi connectivity index (χ0v) is 6.41. The molecule has 0 bridgehead atoms. The van der Waals surface area contributed by atoms with Gasteiger partial charge in [-0.25, -0.2) is 0 Å². The fourth-order valence-corrected chi connectivity index (χ4v) is 1.37. The molecule has 1 unspecified atom stereocenters. The highest BCUT2D eigenvalue weighted by atomic mass is 32.3. The first-order chi connectivity index (χ1) is 3.95. The third-order valence-electron chi connectivity index (χ3n) is 1.18. The highest BCUT2D eigenvalue weighted by Gasteiger charge is 2.11. The predicted octanol–water partition coefficient (Wildman–Crippen LogP) is 1.33. The van der Waals surface area contributed by atoms with Gasteiger partial charge in [0.05, 0.1) is 5.75 Å². The van der Waals surface area contributed by atoms with Crippen molar-refractivity contribution in [1.29, 1.82) is 0 Å². The molecule has 9 heavy (non-hydrogen) atoms. The van der Waals surface area contributed by atoms with Gasteiger partial charge in [0, 0.05) is 0 Å². The van der Waals surface area contributed by atoms with Crippen molar-refractivity contribution in [2.75, 3.05) is 5.75 Å². The summed E-state index contributed by atoms with van der Waals surface area (Å²) < 4.78 is 31.7. The third-order valence-corrected chi connectivity index (χ3v) is 2.15. The lowest BCUT2D eigenvalue weighted by atomic mass is 10.2. The van der Waals surface area contributed by atoms with Crippen LogP contribution in [0.5, 0.6) is 0 Å². The molecule has 0 heterocycles. The van der Waals surface area contributed by atoms with Crippen LogP contribution in [-0.2, 0) is 10.2 Å². The van der Waals surface area contributed by atoms with Crippen LogP contribution >= 0.6 is 0 Å². The minimum Gasteiger partial charge on any atom is -0.195 e. The average Bonchev–Trinajstić information content (AvgIpc) is 1.62. The van der Waals surface area contributed by atoms with Crippen LogP contribution in [0.3, 0.4) is 0 Å². The lowest BCUT2D eigenvalue weighted by Crippen LogP contribution is -2.07. The number of hydrogen-bond donors (Lipinski definition) is 0. The van der Waals surface area contributed by atoms with Crippen molar-refractivity contribution in [1.82, 2.24) is 0 Å². The smallest absolute Gasteiger partial charge is 0.195 e.